The van der Waals surface area contributed by atoms with E-state index >= 15 is 0 Å². The molecule has 4 rings (SSSR count). The Morgan fingerprint density at radius 2 is 1.50 bits per heavy atom. The van der Waals surface area contributed by atoms with Crippen molar-refractivity contribution in [1.82, 2.24) is 0 Å². The molecule has 116 valence electrons. The first kappa shape index (κ1) is 14.7. The van der Waals surface area contributed by atoms with E-state index in [2.05, 4.69) is 0 Å². The van der Waals surface area contributed by atoms with Gasteiger partial charge in [-0.15, -0.1) is 0 Å². The van der Waals surface area contributed by atoms with Gasteiger partial charge in [-0.25, -0.2) is 8.78 Å². The van der Waals surface area contributed by atoms with Crippen molar-refractivity contribution in [2.24, 2.45) is 23.2 Å². The molecule has 4 saturated carbocycles. The van der Waals surface area contributed by atoms with Crippen molar-refractivity contribution < 1.29 is 21.8 Å². The number of hydrogen-bond donors (Lipinski definition) is 1. The predicted octanol–water partition coefficient (Wildman–Crippen LogP) is 3.51. The Bertz CT molecular complexity index is 451. The number of halogens is 2. The maximum atomic E-state index is 13.7. The summed E-state index contributed by atoms with van der Waals surface area (Å²) in [6.45, 7) is 0. The number of rotatable bonds is 5. The van der Waals surface area contributed by atoms with Crippen molar-refractivity contribution in [2.75, 3.05) is 5.75 Å². The standard InChI is InChI=1S/C14H22F2O3S/c15-14(16,9-20(17,18)19)2-1-13-6-10-3-11(7-13)5-12(4-10)8-13/h10-12H,1-9H2,(H,17,18,19). The van der Waals surface area contributed by atoms with E-state index in [-0.39, 0.29) is 5.41 Å². The third-order valence-electron chi connectivity index (χ3n) is 5.58. The van der Waals surface area contributed by atoms with Crippen molar-refractivity contribution in [3.8, 4) is 0 Å². The lowest BCUT2D eigenvalue weighted by Gasteiger charge is -2.57. The van der Waals surface area contributed by atoms with E-state index in [1.807, 2.05) is 0 Å². The minimum Gasteiger partial charge on any atom is -0.285 e. The Kier molecular flexibility index (Phi) is 3.40. The lowest BCUT2D eigenvalue weighted by Crippen LogP contribution is -2.46. The summed E-state index contributed by atoms with van der Waals surface area (Å²) in [6.07, 6.45) is 6.91. The predicted molar refractivity (Wildman–Crippen MR) is 71.2 cm³/mol. The Labute approximate surface area is 118 Å². The highest BCUT2D eigenvalue weighted by atomic mass is 32.2. The van der Waals surface area contributed by atoms with E-state index < -0.39 is 28.2 Å². The molecule has 0 aliphatic heterocycles. The normalized spacial score (nSPS) is 40.2. The molecular weight excluding hydrogens is 286 g/mol. The first-order chi connectivity index (χ1) is 9.15. The molecule has 0 spiro atoms. The first-order valence-electron chi connectivity index (χ1n) is 7.48. The lowest BCUT2D eigenvalue weighted by atomic mass is 9.48. The zero-order chi connectivity index (χ0) is 14.6. The molecule has 0 radical (unpaired) electrons. The molecule has 0 heterocycles. The average molecular weight is 308 g/mol. The van der Waals surface area contributed by atoms with Crippen LogP contribution in [-0.2, 0) is 10.1 Å². The lowest BCUT2D eigenvalue weighted by molar-refractivity contribution is -0.0767. The Morgan fingerprint density at radius 1 is 1.05 bits per heavy atom. The van der Waals surface area contributed by atoms with Gasteiger partial charge in [-0.1, -0.05) is 0 Å². The smallest absolute Gasteiger partial charge is 0.270 e. The molecule has 3 nitrogen and oxygen atoms in total. The van der Waals surface area contributed by atoms with Gasteiger partial charge in [-0.3, -0.25) is 4.55 Å². The van der Waals surface area contributed by atoms with Crippen molar-refractivity contribution in [1.29, 1.82) is 0 Å². The number of hydrogen-bond acceptors (Lipinski definition) is 2. The molecule has 0 amide bonds. The summed E-state index contributed by atoms with van der Waals surface area (Å²) in [5, 5.41) is 0. The molecule has 4 fully saturated rings. The van der Waals surface area contributed by atoms with Gasteiger partial charge in [0.2, 0.25) is 0 Å². The fourth-order valence-electron chi connectivity index (χ4n) is 5.38. The second kappa shape index (κ2) is 4.63. The quantitative estimate of drug-likeness (QED) is 0.791. The van der Waals surface area contributed by atoms with Crippen LogP contribution in [0, 0.1) is 23.2 Å². The van der Waals surface area contributed by atoms with Crippen LogP contribution in [0.1, 0.15) is 51.4 Å². The van der Waals surface area contributed by atoms with Gasteiger partial charge >= 0.3 is 0 Å². The van der Waals surface area contributed by atoms with E-state index in [4.69, 9.17) is 4.55 Å². The van der Waals surface area contributed by atoms with Crippen LogP contribution in [0.2, 0.25) is 0 Å². The minimum atomic E-state index is -4.61. The van der Waals surface area contributed by atoms with Crippen LogP contribution in [-0.4, -0.2) is 24.6 Å². The molecule has 0 saturated heterocycles. The second-order valence-electron chi connectivity index (χ2n) is 7.50. The third-order valence-corrected chi connectivity index (χ3v) is 6.37. The van der Waals surface area contributed by atoms with Crippen LogP contribution in [0.4, 0.5) is 8.78 Å². The second-order valence-corrected chi connectivity index (χ2v) is 8.95. The van der Waals surface area contributed by atoms with Crippen molar-refractivity contribution >= 4 is 10.1 Å². The van der Waals surface area contributed by atoms with Crippen molar-refractivity contribution in [3.05, 3.63) is 0 Å². The van der Waals surface area contributed by atoms with Crippen LogP contribution >= 0.6 is 0 Å². The van der Waals surface area contributed by atoms with Crippen LogP contribution in [0.3, 0.4) is 0 Å². The van der Waals surface area contributed by atoms with Crippen LogP contribution < -0.4 is 0 Å². The summed E-state index contributed by atoms with van der Waals surface area (Å²) >= 11 is 0. The van der Waals surface area contributed by atoms with Gasteiger partial charge in [0.05, 0.1) is 0 Å². The third kappa shape index (κ3) is 3.16. The van der Waals surface area contributed by atoms with Crippen LogP contribution in [0.15, 0.2) is 0 Å². The number of alkyl halides is 2. The van der Waals surface area contributed by atoms with Gasteiger partial charge in [0.15, 0.2) is 0 Å². The Morgan fingerprint density at radius 3 is 1.90 bits per heavy atom. The molecular formula is C14H22F2O3S. The molecule has 0 atom stereocenters. The summed E-state index contributed by atoms with van der Waals surface area (Å²) < 4.78 is 57.2. The Balaban J connectivity index is 1.63. The summed E-state index contributed by atoms with van der Waals surface area (Å²) in [7, 11) is -4.61. The fraction of sp³-hybridized carbons (Fsp3) is 1.00. The molecule has 4 aliphatic rings. The highest BCUT2D eigenvalue weighted by Crippen LogP contribution is 2.62. The maximum Gasteiger partial charge on any atom is 0.270 e. The monoisotopic (exact) mass is 308 g/mol. The van der Waals surface area contributed by atoms with E-state index in [1.165, 1.54) is 19.3 Å². The van der Waals surface area contributed by atoms with E-state index in [0.717, 1.165) is 19.3 Å². The molecule has 0 aromatic carbocycles. The van der Waals surface area contributed by atoms with Gasteiger partial charge in [0.25, 0.3) is 16.0 Å². The molecule has 0 aromatic rings. The van der Waals surface area contributed by atoms with Gasteiger partial charge in [-0.05, 0) is 68.1 Å². The fourth-order valence-corrected chi connectivity index (χ4v) is 6.06. The maximum absolute atomic E-state index is 13.7. The van der Waals surface area contributed by atoms with Crippen LogP contribution in [0.5, 0.6) is 0 Å². The highest BCUT2D eigenvalue weighted by Gasteiger charge is 2.51. The molecule has 1 N–H and O–H groups in total. The molecule has 20 heavy (non-hydrogen) atoms. The van der Waals surface area contributed by atoms with Crippen LogP contribution in [0.25, 0.3) is 0 Å². The summed E-state index contributed by atoms with van der Waals surface area (Å²) in [5.41, 5.74) is 0.0252. The summed E-state index contributed by atoms with van der Waals surface area (Å²) in [4.78, 5) is 0. The molecule has 4 aliphatic carbocycles. The Hall–Kier alpha value is -0.230. The van der Waals surface area contributed by atoms with Gasteiger partial charge in [0.1, 0.15) is 5.75 Å². The topological polar surface area (TPSA) is 54.4 Å². The van der Waals surface area contributed by atoms with E-state index in [9.17, 15) is 17.2 Å². The largest absolute Gasteiger partial charge is 0.285 e. The SMILES string of the molecule is O=S(=O)(O)CC(F)(F)CCC12CC3CC(CC(C3)C1)C2. The highest BCUT2D eigenvalue weighted by molar-refractivity contribution is 7.85. The van der Waals surface area contributed by atoms with Crippen molar-refractivity contribution in [2.45, 2.75) is 57.3 Å². The molecule has 6 heteroatoms. The minimum absolute atomic E-state index is 0.0252. The zero-order valence-electron chi connectivity index (χ0n) is 11.5. The zero-order valence-corrected chi connectivity index (χ0v) is 12.3. The van der Waals surface area contributed by atoms with Crippen molar-refractivity contribution in [3.63, 3.8) is 0 Å². The molecule has 4 bridgehead atoms. The summed E-state index contributed by atoms with van der Waals surface area (Å²) in [5.74, 6) is -2.63. The van der Waals surface area contributed by atoms with E-state index in [1.54, 1.807) is 0 Å². The average Bonchev–Trinajstić information content (AvgIpc) is 2.21. The molecule has 0 unspecified atom stereocenters. The molecule has 0 aromatic heterocycles. The summed E-state index contributed by atoms with van der Waals surface area (Å²) in [6, 6.07) is 0. The van der Waals surface area contributed by atoms with Gasteiger partial charge < -0.3 is 0 Å². The van der Waals surface area contributed by atoms with E-state index in [0.29, 0.717) is 24.2 Å². The first-order valence-corrected chi connectivity index (χ1v) is 9.09. The van der Waals surface area contributed by atoms with Gasteiger partial charge in [-0.2, -0.15) is 8.42 Å². The van der Waals surface area contributed by atoms with Gasteiger partial charge in [0, 0.05) is 6.42 Å².